The lowest BCUT2D eigenvalue weighted by atomic mass is 10.0. The fourth-order valence-corrected chi connectivity index (χ4v) is 5.57. The van der Waals surface area contributed by atoms with Crippen LogP contribution in [-0.2, 0) is 26.0 Å². The molecule has 0 fully saturated rings. The Morgan fingerprint density at radius 1 is 1.14 bits per heavy atom. The van der Waals surface area contributed by atoms with Crippen molar-refractivity contribution in [1.29, 1.82) is 0 Å². The van der Waals surface area contributed by atoms with Crippen LogP contribution in [0.1, 0.15) is 28.7 Å². The van der Waals surface area contributed by atoms with Crippen molar-refractivity contribution in [2.45, 2.75) is 38.5 Å². The molecule has 0 saturated carbocycles. The predicted octanol–water partition coefficient (Wildman–Crippen LogP) is 3.44. The maximum Gasteiger partial charge on any atom is 0.283 e. The van der Waals surface area contributed by atoms with Gasteiger partial charge in [-0.3, -0.25) is 9.59 Å². The molecule has 1 heterocycles. The van der Waals surface area contributed by atoms with Gasteiger partial charge in [-0.25, -0.2) is 8.42 Å². The van der Waals surface area contributed by atoms with Gasteiger partial charge in [0.25, 0.3) is 15.9 Å². The minimum absolute atomic E-state index is 0.0703. The molecule has 2 aromatic carbocycles. The lowest BCUT2D eigenvalue weighted by Gasteiger charge is -2.20. The van der Waals surface area contributed by atoms with Gasteiger partial charge >= 0.3 is 0 Å². The van der Waals surface area contributed by atoms with Crippen molar-refractivity contribution in [1.82, 2.24) is 2.52 Å². The van der Waals surface area contributed by atoms with Crippen molar-refractivity contribution in [3.63, 3.8) is 0 Å². The number of ether oxygens (including phenoxy) is 1. The Morgan fingerprint density at radius 3 is 2.45 bits per heavy atom. The van der Waals surface area contributed by atoms with E-state index in [1.54, 1.807) is 38.1 Å². The molecule has 0 radical (unpaired) electrons. The summed E-state index contributed by atoms with van der Waals surface area (Å²) in [6, 6.07) is 8.70. The largest absolute Gasteiger partial charge is 0.484 e. The van der Waals surface area contributed by atoms with E-state index in [1.807, 2.05) is 13.0 Å². The Balaban J connectivity index is 1.74. The fourth-order valence-electron chi connectivity index (χ4n) is 3.42. The summed E-state index contributed by atoms with van der Waals surface area (Å²) in [7, 11) is -4.01. The number of sulfonamides is 1. The van der Waals surface area contributed by atoms with Gasteiger partial charge in [-0.2, -0.15) is 2.52 Å². The number of nitrogens with one attached hydrogen (secondary N) is 1. The number of hydrogen-bond acceptors (Lipinski definition) is 5. The van der Waals surface area contributed by atoms with E-state index in [4.69, 9.17) is 4.74 Å². The van der Waals surface area contributed by atoms with Crippen LogP contribution in [0.5, 0.6) is 5.75 Å². The molecule has 0 aromatic heterocycles. The molecule has 154 valence electrons. The first-order chi connectivity index (χ1) is 13.6. The van der Waals surface area contributed by atoms with E-state index in [2.05, 4.69) is 5.32 Å². The van der Waals surface area contributed by atoms with Gasteiger partial charge in [0.15, 0.2) is 6.61 Å². The van der Waals surface area contributed by atoms with Crippen LogP contribution in [0, 0.1) is 20.8 Å². The van der Waals surface area contributed by atoms with Gasteiger partial charge in [-0.1, -0.05) is 23.8 Å². The topological polar surface area (TPSA) is 92.8 Å². The number of rotatable bonds is 5. The van der Waals surface area contributed by atoms with Gasteiger partial charge in [-0.05, 0) is 49.9 Å². The molecule has 1 N–H and O–H groups in total. The van der Waals surface area contributed by atoms with Gasteiger partial charge < -0.3 is 10.1 Å². The Morgan fingerprint density at radius 2 is 1.79 bits per heavy atom. The Hall–Kier alpha value is -2.14. The number of aryl methyl sites for hydroxylation is 4. The summed E-state index contributed by atoms with van der Waals surface area (Å²) in [5.41, 5.74) is 3.77. The number of amides is 2. The molecule has 7 nitrogen and oxygen atoms in total. The molecule has 0 spiro atoms. The van der Waals surface area contributed by atoms with E-state index in [0.29, 0.717) is 37.9 Å². The molecular formula is C20H21IN2O5S. The number of fused-ring (bicyclic) bond motifs is 1. The van der Waals surface area contributed by atoms with Crippen molar-refractivity contribution in [2.24, 2.45) is 0 Å². The highest BCUT2D eigenvalue weighted by atomic mass is 127. The molecule has 0 saturated heterocycles. The van der Waals surface area contributed by atoms with Crippen LogP contribution in [0.3, 0.4) is 0 Å². The molecule has 0 unspecified atom stereocenters. The molecule has 0 atom stereocenters. The maximum atomic E-state index is 13.0. The number of hydrogen-bond donors (Lipinski definition) is 1. The van der Waals surface area contributed by atoms with Crippen LogP contribution in [0.4, 0.5) is 5.69 Å². The summed E-state index contributed by atoms with van der Waals surface area (Å²) in [5.74, 6) is -0.393. The normalized spacial score (nSPS) is 13.4. The molecule has 1 aliphatic rings. The highest BCUT2D eigenvalue weighted by Gasteiger charge is 2.30. The van der Waals surface area contributed by atoms with E-state index in [1.165, 1.54) is 22.9 Å². The number of carbonyl (C=O) groups is 2. The maximum absolute atomic E-state index is 13.0. The molecule has 1 aliphatic heterocycles. The summed E-state index contributed by atoms with van der Waals surface area (Å²) in [6.07, 6.45) is 1.08. The van der Waals surface area contributed by atoms with Crippen molar-refractivity contribution >= 4 is 50.4 Å². The van der Waals surface area contributed by atoms with E-state index in [-0.39, 0.29) is 10.8 Å². The van der Waals surface area contributed by atoms with Crippen LogP contribution in [-0.4, -0.2) is 29.4 Å². The lowest BCUT2D eigenvalue weighted by molar-refractivity contribution is -0.124. The average molecular weight is 528 g/mol. The lowest BCUT2D eigenvalue weighted by Crippen LogP contribution is -2.33. The smallest absolute Gasteiger partial charge is 0.283 e. The zero-order chi connectivity index (χ0) is 21.3. The van der Waals surface area contributed by atoms with Crippen LogP contribution >= 0.6 is 22.9 Å². The fraction of sp³-hybridized carbons (Fsp3) is 0.300. The Kier molecular flexibility index (Phi) is 6.18. The van der Waals surface area contributed by atoms with E-state index in [0.717, 1.165) is 11.1 Å². The summed E-state index contributed by atoms with van der Waals surface area (Å²) >= 11 is 1.49. The van der Waals surface area contributed by atoms with Gasteiger partial charge in [-0.15, -0.1) is 0 Å². The summed E-state index contributed by atoms with van der Waals surface area (Å²) < 4.78 is 32.1. The molecule has 0 bridgehead atoms. The molecular weight excluding hydrogens is 507 g/mol. The summed E-state index contributed by atoms with van der Waals surface area (Å²) in [4.78, 5) is 24.2. The average Bonchev–Trinajstić information content (AvgIpc) is 2.63. The van der Waals surface area contributed by atoms with Gasteiger partial charge in [0, 0.05) is 18.2 Å². The second kappa shape index (κ2) is 8.31. The standard InChI is InChI=1S/C20H21IN2O5S/c1-12-8-13(2)20(14(3)9-12)29(26,27)23(21)19(25)11-28-16-6-4-15-5-7-18(24)22-17(15)10-16/h4,6,8-10H,5,7,11H2,1-3H3,(H,22,24). The molecule has 0 aliphatic carbocycles. The number of nitrogens with zero attached hydrogens (tertiary/aromatic N) is 1. The molecule has 3 rings (SSSR count). The first-order valence-corrected chi connectivity index (χ1v) is 11.4. The van der Waals surface area contributed by atoms with Crippen molar-refractivity contribution in [3.8, 4) is 5.75 Å². The van der Waals surface area contributed by atoms with E-state index < -0.39 is 22.5 Å². The third-order valence-electron chi connectivity index (χ3n) is 4.61. The molecule has 29 heavy (non-hydrogen) atoms. The summed E-state index contributed by atoms with van der Waals surface area (Å²) in [5, 5.41) is 2.76. The molecule has 9 heteroatoms. The molecule has 2 aromatic rings. The van der Waals surface area contributed by atoms with E-state index >= 15 is 0 Å². The molecule has 2 amide bonds. The predicted molar refractivity (Wildman–Crippen MR) is 118 cm³/mol. The zero-order valence-corrected chi connectivity index (χ0v) is 19.3. The van der Waals surface area contributed by atoms with E-state index in [9.17, 15) is 18.0 Å². The van der Waals surface area contributed by atoms with Gasteiger partial charge in [0.1, 0.15) is 5.75 Å². The number of halogens is 1. The van der Waals surface area contributed by atoms with Crippen LogP contribution in [0.25, 0.3) is 0 Å². The highest BCUT2D eigenvalue weighted by molar-refractivity contribution is 14.1. The second-order valence-corrected chi connectivity index (χ2v) is 10.3. The zero-order valence-electron chi connectivity index (χ0n) is 16.3. The van der Waals surface area contributed by atoms with Crippen LogP contribution < -0.4 is 10.1 Å². The third kappa shape index (κ3) is 4.55. The first-order valence-electron chi connectivity index (χ1n) is 8.97. The number of benzene rings is 2. The van der Waals surface area contributed by atoms with Crippen LogP contribution in [0.15, 0.2) is 35.2 Å². The number of anilines is 1. The quantitative estimate of drug-likeness (QED) is 0.474. The Labute approximate surface area is 184 Å². The van der Waals surface area contributed by atoms with Gasteiger partial charge in [0.2, 0.25) is 5.91 Å². The second-order valence-electron chi connectivity index (χ2n) is 7.00. The monoisotopic (exact) mass is 528 g/mol. The Bertz CT molecular complexity index is 1080. The van der Waals surface area contributed by atoms with Crippen LogP contribution in [0.2, 0.25) is 0 Å². The minimum Gasteiger partial charge on any atom is -0.484 e. The van der Waals surface area contributed by atoms with Crippen molar-refractivity contribution in [3.05, 3.63) is 52.6 Å². The number of carbonyl (C=O) groups excluding carboxylic acids is 2. The van der Waals surface area contributed by atoms with Crippen molar-refractivity contribution in [2.75, 3.05) is 11.9 Å². The highest BCUT2D eigenvalue weighted by Crippen LogP contribution is 2.29. The van der Waals surface area contributed by atoms with Gasteiger partial charge in [0.05, 0.1) is 27.8 Å². The SMILES string of the molecule is Cc1cc(C)c(S(=O)(=O)N(I)C(=O)COc2ccc3c(c2)NC(=O)CC3)c(C)c1. The first kappa shape index (κ1) is 21.6. The summed E-state index contributed by atoms with van der Waals surface area (Å²) in [6.45, 7) is 4.86. The third-order valence-corrected chi connectivity index (χ3v) is 8.49. The van der Waals surface area contributed by atoms with Crippen molar-refractivity contribution < 1.29 is 22.7 Å². The minimum atomic E-state index is -4.01.